The van der Waals surface area contributed by atoms with Crippen LogP contribution in [0, 0.1) is 5.82 Å². The number of imide groups is 1. The van der Waals surface area contributed by atoms with Crippen molar-refractivity contribution in [3.63, 3.8) is 0 Å². The fraction of sp³-hybridized carbons (Fsp3) is 0.429. The van der Waals surface area contributed by atoms with Gasteiger partial charge in [-0.1, -0.05) is 19.1 Å². The maximum absolute atomic E-state index is 13.9. The second kappa shape index (κ2) is 9.74. The Balaban J connectivity index is 1.37. The van der Waals surface area contributed by atoms with Crippen LogP contribution in [0.2, 0.25) is 0 Å². The lowest BCUT2D eigenvalue weighted by atomic mass is 9.94. The van der Waals surface area contributed by atoms with Crippen molar-refractivity contribution in [2.75, 3.05) is 18.9 Å². The Morgan fingerprint density at radius 3 is 2.68 bits per heavy atom. The number of aryl methyl sites for hydroxylation is 2. The van der Waals surface area contributed by atoms with Crippen molar-refractivity contribution < 1.29 is 28.3 Å². The number of rotatable bonds is 5. The Morgan fingerprint density at radius 1 is 1.16 bits per heavy atom. The van der Waals surface area contributed by atoms with Crippen molar-refractivity contribution in [3.8, 4) is 0 Å². The maximum Gasteiger partial charge on any atom is 0.418 e. The largest absolute Gasteiger partial charge is 0.427 e. The highest BCUT2D eigenvalue weighted by Gasteiger charge is 2.58. The molecule has 0 bridgehead atoms. The zero-order valence-corrected chi connectivity index (χ0v) is 21.7. The van der Waals surface area contributed by atoms with E-state index in [0.29, 0.717) is 30.5 Å². The second-order valence-corrected chi connectivity index (χ2v) is 10.1. The number of halogens is 1. The third-order valence-electron chi connectivity index (χ3n) is 7.94. The number of amides is 5. The lowest BCUT2D eigenvalue weighted by molar-refractivity contribution is -0.143. The van der Waals surface area contributed by atoms with Crippen LogP contribution in [-0.4, -0.2) is 53.4 Å². The standard InChI is InChI=1S/C28H31FN4O5/c1-4-17-13-19(29)6-8-21(17)23-10-5-16(2)33(23)24(34)15-32-25(35)28(38-27(32)37)12-11-18-14-20(7-9-22(18)28)31-26(36)30-3/h6-9,13-14,16,23H,4-5,10-12,15H2,1-3H3,(H2,30,31,36)/t16-,23+,28?/m0/s1. The lowest BCUT2D eigenvalue weighted by Gasteiger charge is -2.31. The van der Waals surface area contributed by atoms with E-state index < -0.39 is 24.1 Å². The molecule has 0 aromatic heterocycles. The van der Waals surface area contributed by atoms with E-state index in [-0.39, 0.29) is 36.3 Å². The summed E-state index contributed by atoms with van der Waals surface area (Å²) in [7, 11) is 1.51. The minimum absolute atomic E-state index is 0.0941. The number of likely N-dealkylation sites (tertiary alicyclic amines) is 1. The van der Waals surface area contributed by atoms with Gasteiger partial charge >= 0.3 is 12.1 Å². The number of urea groups is 1. The fourth-order valence-corrected chi connectivity index (χ4v) is 6.06. The van der Waals surface area contributed by atoms with Gasteiger partial charge in [-0.25, -0.2) is 18.9 Å². The Labute approximate surface area is 220 Å². The summed E-state index contributed by atoms with van der Waals surface area (Å²) in [5, 5.41) is 5.18. The first kappa shape index (κ1) is 25.7. The molecular formula is C28H31FN4O5. The average Bonchev–Trinajstić information content (AvgIpc) is 3.53. The molecule has 2 aromatic carbocycles. The SMILES string of the molecule is CCc1cc(F)ccc1[C@H]1CC[C@H](C)N1C(=O)CN1C(=O)OC2(CCc3cc(NC(=O)NC)ccc32)C1=O. The van der Waals surface area contributed by atoms with Gasteiger partial charge in [0, 0.05) is 30.8 Å². The molecule has 0 saturated carbocycles. The van der Waals surface area contributed by atoms with Gasteiger partial charge in [0.2, 0.25) is 11.5 Å². The van der Waals surface area contributed by atoms with Crippen LogP contribution >= 0.6 is 0 Å². The number of hydrogen-bond acceptors (Lipinski definition) is 5. The summed E-state index contributed by atoms with van der Waals surface area (Å²) in [6, 6.07) is 9.01. The van der Waals surface area contributed by atoms with Gasteiger partial charge in [0.05, 0.1) is 6.04 Å². The summed E-state index contributed by atoms with van der Waals surface area (Å²) in [6.45, 7) is 3.46. The van der Waals surface area contributed by atoms with E-state index in [2.05, 4.69) is 10.6 Å². The minimum Gasteiger partial charge on any atom is -0.427 e. The summed E-state index contributed by atoms with van der Waals surface area (Å²) in [5.41, 5.74) is 2.19. The van der Waals surface area contributed by atoms with Crippen LogP contribution < -0.4 is 10.6 Å². The Morgan fingerprint density at radius 2 is 1.95 bits per heavy atom. The number of anilines is 1. The monoisotopic (exact) mass is 522 g/mol. The fourth-order valence-electron chi connectivity index (χ4n) is 6.06. The summed E-state index contributed by atoms with van der Waals surface area (Å²) >= 11 is 0. The van der Waals surface area contributed by atoms with Crippen molar-refractivity contribution in [1.82, 2.24) is 15.1 Å². The molecule has 5 amide bonds. The van der Waals surface area contributed by atoms with Gasteiger partial charge in [0.15, 0.2) is 0 Å². The maximum atomic E-state index is 13.9. The molecule has 2 aromatic rings. The molecule has 5 rings (SSSR count). The molecule has 38 heavy (non-hydrogen) atoms. The van der Waals surface area contributed by atoms with Gasteiger partial charge in [-0.3, -0.25) is 9.59 Å². The summed E-state index contributed by atoms with van der Waals surface area (Å²) in [6.07, 6.45) is 2.00. The molecule has 2 N–H and O–H groups in total. The average molecular weight is 523 g/mol. The van der Waals surface area contributed by atoms with Gasteiger partial charge in [-0.15, -0.1) is 0 Å². The molecule has 200 valence electrons. The highest BCUT2D eigenvalue weighted by Crippen LogP contribution is 2.46. The Kier molecular flexibility index (Phi) is 6.58. The number of nitrogens with one attached hydrogen (secondary N) is 2. The van der Waals surface area contributed by atoms with Crippen LogP contribution in [0.3, 0.4) is 0 Å². The van der Waals surface area contributed by atoms with E-state index in [4.69, 9.17) is 4.74 Å². The van der Waals surface area contributed by atoms with Crippen molar-refractivity contribution in [3.05, 3.63) is 64.5 Å². The van der Waals surface area contributed by atoms with E-state index in [9.17, 15) is 23.6 Å². The Bertz CT molecular complexity index is 1330. The van der Waals surface area contributed by atoms with Crippen LogP contribution in [0.4, 0.5) is 19.7 Å². The first-order valence-electron chi connectivity index (χ1n) is 12.9. The van der Waals surface area contributed by atoms with Gasteiger partial charge < -0.3 is 20.3 Å². The van der Waals surface area contributed by atoms with Crippen LogP contribution in [0.25, 0.3) is 0 Å². The van der Waals surface area contributed by atoms with E-state index in [0.717, 1.165) is 28.0 Å². The number of carbonyl (C=O) groups excluding carboxylic acids is 4. The normalized spacial score (nSPS) is 24.1. The van der Waals surface area contributed by atoms with Crippen molar-refractivity contribution in [2.45, 2.75) is 63.6 Å². The topological polar surface area (TPSA) is 108 Å². The van der Waals surface area contributed by atoms with Crippen LogP contribution in [0.15, 0.2) is 36.4 Å². The lowest BCUT2D eigenvalue weighted by Crippen LogP contribution is -2.46. The zero-order chi connectivity index (χ0) is 27.2. The number of ether oxygens (including phenoxy) is 1. The minimum atomic E-state index is -1.47. The first-order valence-corrected chi connectivity index (χ1v) is 12.9. The molecule has 0 radical (unpaired) electrons. The van der Waals surface area contributed by atoms with E-state index >= 15 is 0 Å². The summed E-state index contributed by atoms with van der Waals surface area (Å²) in [4.78, 5) is 54.4. The van der Waals surface area contributed by atoms with Gasteiger partial charge in [-0.05, 0) is 73.6 Å². The number of fused-ring (bicyclic) bond motifs is 2. The van der Waals surface area contributed by atoms with E-state index in [1.807, 2.05) is 13.8 Å². The number of hydrogen-bond donors (Lipinski definition) is 2. The molecular weight excluding hydrogens is 491 g/mol. The van der Waals surface area contributed by atoms with Crippen molar-refractivity contribution >= 4 is 29.6 Å². The number of nitrogens with zero attached hydrogens (tertiary/aromatic N) is 2. The third kappa shape index (κ3) is 4.17. The molecule has 2 aliphatic heterocycles. The quantitative estimate of drug-likeness (QED) is 0.617. The van der Waals surface area contributed by atoms with Crippen LogP contribution in [-0.2, 0) is 32.8 Å². The van der Waals surface area contributed by atoms with Crippen molar-refractivity contribution in [2.24, 2.45) is 0 Å². The molecule has 3 atom stereocenters. The van der Waals surface area contributed by atoms with E-state index in [1.165, 1.54) is 19.2 Å². The third-order valence-corrected chi connectivity index (χ3v) is 7.94. The molecule has 10 heteroatoms. The highest BCUT2D eigenvalue weighted by molar-refractivity contribution is 6.06. The van der Waals surface area contributed by atoms with Gasteiger partial charge in [-0.2, -0.15) is 0 Å². The molecule has 2 heterocycles. The predicted octanol–water partition coefficient (Wildman–Crippen LogP) is 4.01. The summed E-state index contributed by atoms with van der Waals surface area (Å²) < 4.78 is 19.5. The predicted molar refractivity (Wildman–Crippen MR) is 137 cm³/mol. The molecule has 1 aliphatic carbocycles. The first-order chi connectivity index (χ1) is 18.2. The number of carbonyl (C=O) groups is 4. The molecule has 1 spiro atoms. The molecule has 9 nitrogen and oxygen atoms in total. The smallest absolute Gasteiger partial charge is 0.418 e. The zero-order valence-electron chi connectivity index (χ0n) is 21.7. The second-order valence-electron chi connectivity index (χ2n) is 10.1. The Hall–Kier alpha value is -3.95. The van der Waals surface area contributed by atoms with Crippen LogP contribution in [0.5, 0.6) is 0 Å². The molecule has 2 fully saturated rings. The van der Waals surface area contributed by atoms with Gasteiger partial charge in [0.25, 0.3) is 5.91 Å². The van der Waals surface area contributed by atoms with E-state index in [1.54, 1.807) is 29.2 Å². The molecule has 2 saturated heterocycles. The summed E-state index contributed by atoms with van der Waals surface area (Å²) in [5.74, 6) is -1.23. The van der Waals surface area contributed by atoms with Gasteiger partial charge in [0.1, 0.15) is 12.4 Å². The van der Waals surface area contributed by atoms with Crippen LogP contribution in [0.1, 0.15) is 61.4 Å². The molecule has 3 aliphatic rings. The highest BCUT2D eigenvalue weighted by atomic mass is 19.1. The molecule has 1 unspecified atom stereocenters. The number of benzene rings is 2. The van der Waals surface area contributed by atoms with Crippen molar-refractivity contribution in [1.29, 1.82) is 0 Å².